The number of halogens is 7. The van der Waals surface area contributed by atoms with Crippen LogP contribution in [0.2, 0.25) is 0 Å². The standard InChI is InChI=1S/C14H16F7N3O2/c1-7-9(8-3-13(17,18)4-8)23-24(5-14(19,20)21)10(7)22-11(25)26-6-12(2,15)16/h8H,3-6H2,1-2H3,(H,22,25). The third-order valence-electron chi connectivity index (χ3n) is 3.71. The predicted molar refractivity (Wildman–Crippen MR) is 75.5 cm³/mol. The van der Waals surface area contributed by atoms with Crippen LogP contribution in [0.4, 0.5) is 41.3 Å². The smallest absolute Gasteiger partial charge is 0.413 e. The molecule has 1 heterocycles. The Hall–Kier alpha value is -2.01. The third-order valence-corrected chi connectivity index (χ3v) is 3.71. The molecule has 26 heavy (non-hydrogen) atoms. The van der Waals surface area contributed by atoms with E-state index in [0.29, 0.717) is 11.6 Å². The highest BCUT2D eigenvalue weighted by molar-refractivity contribution is 5.84. The van der Waals surface area contributed by atoms with E-state index in [4.69, 9.17) is 0 Å². The number of carbonyl (C=O) groups is 1. The van der Waals surface area contributed by atoms with Crippen LogP contribution in [0.3, 0.4) is 0 Å². The van der Waals surface area contributed by atoms with Crippen molar-refractivity contribution in [3.8, 4) is 0 Å². The fourth-order valence-electron chi connectivity index (χ4n) is 2.58. The Morgan fingerprint density at radius 2 is 1.88 bits per heavy atom. The number of hydrogen-bond acceptors (Lipinski definition) is 3. The van der Waals surface area contributed by atoms with Crippen LogP contribution in [-0.4, -0.2) is 40.5 Å². The van der Waals surface area contributed by atoms with Gasteiger partial charge in [-0.25, -0.2) is 27.0 Å². The second kappa shape index (κ2) is 6.62. The van der Waals surface area contributed by atoms with Crippen molar-refractivity contribution in [3.63, 3.8) is 0 Å². The number of anilines is 1. The van der Waals surface area contributed by atoms with Crippen LogP contribution in [0.1, 0.15) is 36.9 Å². The van der Waals surface area contributed by atoms with Crippen LogP contribution in [0.5, 0.6) is 0 Å². The molecular formula is C14H16F7N3O2. The van der Waals surface area contributed by atoms with Gasteiger partial charge in [0.25, 0.3) is 5.92 Å². The summed E-state index contributed by atoms with van der Waals surface area (Å²) in [5, 5.41) is 5.63. The molecule has 1 aliphatic carbocycles. The van der Waals surface area contributed by atoms with Crippen molar-refractivity contribution in [1.82, 2.24) is 9.78 Å². The summed E-state index contributed by atoms with van der Waals surface area (Å²) in [6, 6.07) is 0. The molecular weight excluding hydrogens is 375 g/mol. The molecule has 1 fully saturated rings. The van der Waals surface area contributed by atoms with Gasteiger partial charge >= 0.3 is 12.3 Å². The van der Waals surface area contributed by atoms with Crippen molar-refractivity contribution in [1.29, 1.82) is 0 Å². The van der Waals surface area contributed by atoms with Gasteiger partial charge in [0.05, 0.1) is 5.69 Å². The Labute approximate surface area is 143 Å². The first-order valence-corrected chi connectivity index (χ1v) is 7.50. The number of hydrogen-bond donors (Lipinski definition) is 1. The minimum atomic E-state index is -4.70. The van der Waals surface area contributed by atoms with Crippen LogP contribution in [-0.2, 0) is 11.3 Å². The normalized spacial score (nSPS) is 17.7. The number of amides is 1. The van der Waals surface area contributed by atoms with E-state index >= 15 is 0 Å². The highest BCUT2D eigenvalue weighted by atomic mass is 19.4. The monoisotopic (exact) mass is 391 g/mol. The molecule has 148 valence electrons. The summed E-state index contributed by atoms with van der Waals surface area (Å²) in [7, 11) is 0. The van der Waals surface area contributed by atoms with Gasteiger partial charge in [0.2, 0.25) is 5.92 Å². The van der Waals surface area contributed by atoms with E-state index in [2.05, 4.69) is 9.84 Å². The van der Waals surface area contributed by atoms with Crippen LogP contribution in [0.25, 0.3) is 0 Å². The molecule has 0 saturated heterocycles. The van der Waals surface area contributed by atoms with Crippen molar-refractivity contribution in [2.75, 3.05) is 11.9 Å². The van der Waals surface area contributed by atoms with Gasteiger partial charge in [0, 0.05) is 31.2 Å². The highest BCUT2D eigenvalue weighted by Crippen LogP contribution is 2.49. The van der Waals surface area contributed by atoms with Crippen LogP contribution >= 0.6 is 0 Å². The van der Waals surface area contributed by atoms with Gasteiger partial charge < -0.3 is 4.74 Å². The molecule has 1 amide bonds. The SMILES string of the molecule is Cc1c(C2CC(F)(F)C2)nn(CC(F)(F)F)c1NC(=O)OCC(C)(F)F. The Balaban J connectivity index is 2.22. The summed E-state index contributed by atoms with van der Waals surface area (Å²) < 4.78 is 94.2. The van der Waals surface area contributed by atoms with Crippen molar-refractivity contribution < 1.29 is 40.3 Å². The van der Waals surface area contributed by atoms with E-state index in [0.717, 1.165) is 0 Å². The molecule has 0 aliphatic heterocycles. The topological polar surface area (TPSA) is 56.2 Å². The molecule has 1 saturated carbocycles. The number of ether oxygens (including phenoxy) is 1. The number of nitrogens with one attached hydrogen (secondary N) is 1. The van der Waals surface area contributed by atoms with Gasteiger partial charge in [-0.05, 0) is 6.92 Å². The molecule has 0 spiro atoms. The summed E-state index contributed by atoms with van der Waals surface area (Å²) in [5.74, 6) is -7.42. The zero-order chi connectivity index (χ0) is 19.9. The Morgan fingerprint density at radius 3 is 2.35 bits per heavy atom. The van der Waals surface area contributed by atoms with Gasteiger partial charge in [-0.1, -0.05) is 0 Å². The zero-order valence-corrected chi connectivity index (χ0v) is 13.8. The van der Waals surface area contributed by atoms with E-state index < -0.39 is 61.8 Å². The Bertz CT molecular complexity index is 671. The molecule has 0 bridgehead atoms. The van der Waals surface area contributed by atoms with Gasteiger partial charge in [-0.2, -0.15) is 18.3 Å². The minimum Gasteiger partial charge on any atom is -0.443 e. The van der Waals surface area contributed by atoms with Gasteiger partial charge in [0.15, 0.2) is 6.61 Å². The lowest BCUT2D eigenvalue weighted by Gasteiger charge is -2.34. The lowest BCUT2D eigenvalue weighted by atomic mass is 9.78. The molecule has 1 aliphatic rings. The van der Waals surface area contributed by atoms with Crippen LogP contribution < -0.4 is 5.32 Å². The molecule has 2 rings (SSSR count). The van der Waals surface area contributed by atoms with Gasteiger partial charge in [-0.15, -0.1) is 0 Å². The number of rotatable bonds is 5. The largest absolute Gasteiger partial charge is 0.443 e. The fraction of sp³-hybridized carbons (Fsp3) is 0.714. The quantitative estimate of drug-likeness (QED) is 0.754. The molecule has 0 radical (unpaired) electrons. The van der Waals surface area contributed by atoms with Gasteiger partial charge in [0.1, 0.15) is 12.4 Å². The first-order chi connectivity index (χ1) is 11.7. The average Bonchev–Trinajstić information content (AvgIpc) is 2.68. The molecule has 0 unspecified atom stereocenters. The third kappa shape index (κ3) is 5.24. The number of aromatic nitrogens is 2. The number of alkyl halides is 7. The maximum absolute atomic E-state index is 13.0. The van der Waals surface area contributed by atoms with Crippen molar-refractivity contribution in [2.24, 2.45) is 0 Å². The lowest BCUT2D eigenvalue weighted by Crippen LogP contribution is -2.34. The second-order valence-corrected chi connectivity index (χ2v) is 6.36. The summed E-state index contributed by atoms with van der Waals surface area (Å²) in [4.78, 5) is 11.6. The van der Waals surface area contributed by atoms with E-state index in [1.165, 1.54) is 6.92 Å². The van der Waals surface area contributed by atoms with Crippen LogP contribution in [0, 0.1) is 6.92 Å². The Morgan fingerprint density at radius 1 is 1.31 bits per heavy atom. The summed E-state index contributed by atoms with van der Waals surface area (Å²) in [6.45, 7) is -1.06. The summed E-state index contributed by atoms with van der Waals surface area (Å²) in [5.41, 5.74) is 0.0475. The molecule has 5 nitrogen and oxygen atoms in total. The minimum absolute atomic E-state index is 0.00343. The van der Waals surface area contributed by atoms with Crippen molar-refractivity contribution in [3.05, 3.63) is 11.3 Å². The molecule has 1 aromatic rings. The molecule has 12 heteroatoms. The Kier molecular flexibility index (Phi) is 5.17. The summed E-state index contributed by atoms with van der Waals surface area (Å²) in [6.07, 6.45) is -7.23. The molecule has 0 aromatic carbocycles. The maximum Gasteiger partial charge on any atom is 0.413 e. The van der Waals surface area contributed by atoms with Crippen molar-refractivity contribution >= 4 is 11.9 Å². The predicted octanol–water partition coefficient (Wildman–Crippen LogP) is 4.47. The lowest BCUT2D eigenvalue weighted by molar-refractivity contribution is -0.142. The fourth-order valence-corrected chi connectivity index (χ4v) is 2.58. The maximum atomic E-state index is 13.0. The average molecular weight is 391 g/mol. The van der Waals surface area contributed by atoms with E-state index in [9.17, 15) is 35.5 Å². The van der Waals surface area contributed by atoms with E-state index in [1.807, 2.05) is 5.32 Å². The summed E-state index contributed by atoms with van der Waals surface area (Å²) >= 11 is 0. The first kappa shape index (κ1) is 20.3. The molecule has 0 atom stereocenters. The number of carbonyl (C=O) groups excluding carboxylic acids is 1. The van der Waals surface area contributed by atoms with E-state index in [-0.39, 0.29) is 11.3 Å². The molecule has 1 aromatic heterocycles. The van der Waals surface area contributed by atoms with E-state index in [1.54, 1.807) is 0 Å². The first-order valence-electron chi connectivity index (χ1n) is 7.50. The van der Waals surface area contributed by atoms with Gasteiger partial charge in [-0.3, -0.25) is 5.32 Å². The second-order valence-electron chi connectivity index (χ2n) is 6.36. The van der Waals surface area contributed by atoms with Crippen molar-refractivity contribution in [2.45, 2.75) is 57.2 Å². The number of nitrogens with zero attached hydrogens (tertiary/aromatic N) is 2. The highest BCUT2D eigenvalue weighted by Gasteiger charge is 2.48. The zero-order valence-electron chi connectivity index (χ0n) is 13.8. The molecule has 1 N–H and O–H groups in total. The van der Waals surface area contributed by atoms with Crippen LogP contribution in [0.15, 0.2) is 0 Å².